The molecule has 33 heavy (non-hydrogen) atoms. The van der Waals surface area contributed by atoms with Gasteiger partial charge in [-0.3, -0.25) is 4.79 Å². The number of benzene rings is 1. The number of aromatic nitrogens is 4. The number of carbonyl (C=O) groups excluding carboxylic acids is 1. The number of carbonyl (C=O) groups is 1. The second kappa shape index (κ2) is 8.98. The Morgan fingerprint density at radius 3 is 2.88 bits per heavy atom. The number of anilines is 1. The maximum Gasteiger partial charge on any atom is 0.243 e. The van der Waals surface area contributed by atoms with Crippen LogP contribution < -0.4 is 5.32 Å². The molecule has 0 atom stereocenters. The lowest BCUT2D eigenvalue weighted by molar-refractivity contribution is -0.115. The van der Waals surface area contributed by atoms with E-state index in [1.54, 1.807) is 24.4 Å². The summed E-state index contributed by atoms with van der Waals surface area (Å²) in [6, 6.07) is 10.2. The summed E-state index contributed by atoms with van der Waals surface area (Å²) in [4.78, 5) is 20.1. The van der Waals surface area contributed by atoms with Crippen LogP contribution >= 0.6 is 11.3 Å². The Morgan fingerprint density at radius 2 is 2.03 bits per heavy atom. The number of fused-ring (bicyclic) bond motifs is 1. The summed E-state index contributed by atoms with van der Waals surface area (Å²) >= 11 is 1.25. The van der Waals surface area contributed by atoms with E-state index in [4.69, 9.17) is 4.74 Å². The van der Waals surface area contributed by atoms with Gasteiger partial charge in [-0.2, -0.15) is 4.31 Å². The smallest absolute Gasteiger partial charge is 0.243 e. The van der Waals surface area contributed by atoms with E-state index >= 15 is 0 Å². The van der Waals surface area contributed by atoms with Gasteiger partial charge in [0.15, 0.2) is 5.01 Å². The Labute approximate surface area is 193 Å². The Morgan fingerprint density at radius 1 is 1.18 bits per heavy atom. The van der Waals surface area contributed by atoms with Gasteiger partial charge < -0.3 is 15.0 Å². The fourth-order valence-electron chi connectivity index (χ4n) is 3.62. The number of H-pyrrole nitrogens is 1. The highest BCUT2D eigenvalue weighted by atomic mass is 32.2. The predicted molar refractivity (Wildman–Crippen MR) is 123 cm³/mol. The summed E-state index contributed by atoms with van der Waals surface area (Å²) in [5.41, 5.74) is 2.20. The summed E-state index contributed by atoms with van der Waals surface area (Å²) < 4.78 is 32.4. The minimum Gasteiger partial charge on any atom is -0.379 e. The van der Waals surface area contributed by atoms with Gasteiger partial charge in [0.05, 0.1) is 24.5 Å². The van der Waals surface area contributed by atoms with Gasteiger partial charge in [-0.1, -0.05) is 23.5 Å². The van der Waals surface area contributed by atoms with Crippen molar-refractivity contribution in [3.8, 4) is 10.6 Å². The SMILES string of the molecule is O=C(Cc1cccc(S(=O)(=O)N2CCOCC2)c1)Nc1nnc(-c2c[nH]c3ncccc23)s1. The van der Waals surface area contributed by atoms with Crippen LogP contribution in [0, 0.1) is 0 Å². The first kappa shape index (κ1) is 21.6. The molecule has 10 nitrogen and oxygen atoms in total. The fourth-order valence-corrected chi connectivity index (χ4v) is 5.89. The van der Waals surface area contributed by atoms with Crippen LogP contribution in [0.1, 0.15) is 5.56 Å². The zero-order valence-electron chi connectivity index (χ0n) is 17.4. The average Bonchev–Trinajstić information content (AvgIpc) is 3.46. The number of sulfonamides is 1. The number of rotatable bonds is 6. The Kier molecular flexibility index (Phi) is 5.89. The van der Waals surface area contributed by atoms with Crippen molar-refractivity contribution in [2.75, 3.05) is 31.6 Å². The molecule has 0 bridgehead atoms. The lowest BCUT2D eigenvalue weighted by Crippen LogP contribution is -2.40. The molecule has 1 fully saturated rings. The first-order chi connectivity index (χ1) is 16.0. The molecule has 4 heterocycles. The van der Waals surface area contributed by atoms with Crippen LogP contribution in [0.4, 0.5) is 5.13 Å². The fraction of sp³-hybridized carbons (Fsp3) is 0.238. The number of hydrogen-bond donors (Lipinski definition) is 2. The van der Waals surface area contributed by atoms with Gasteiger partial charge in [-0.15, -0.1) is 10.2 Å². The van der Waals surface area contributed by atoms with Crippen molar-refractivity contribution in [1.29, 1.82) is 0 Å². The lowest BCUT2D eigenvalue weighted by Gasteiger charge is -2.26. The highest BCUT2D eigenvalue weighted by molar-refractivity contribution is 7.89. The molecule has 1 saturated heterocycles. The Hall–Kier alpha value is -3.19. The zero-order chi connectivity index (χ0) is 22.8. The van der Waals surface area contributed by atoms with Crippen LogP contribution in [0.3, 0.4) is 0 Å². The molecule has 4 aromatic rings. The minimum absolute atomic E-state index is 0.0123. The van der Waals surface area contributed by atoms with E-state index in [1.807, 2.05) is 18.3 Å². The van der Waals surface area contributed by atoms with Gasteiger partial charge in [-0.25, -0.2) is 13.4 Å². The molecule has 1 aliphatic rings. The molecule has 0 spiro atoms. The van der Waals surface area contributed by atoms with E-state index in [9.17, 15) is 13.2 Å². The number of aromatic amines is 1. The van der Waals surface area contributed by atoms with Crippen molar-refractivity contribution < 1.29 is 17.9 Å². The second-order valence-corrected chi connectivity index (χ2v) is 10.3. The van der Waals surface area contributed by atoms with Crippen LogP contribution in [-0.2, 0) is 26.0 Å². The number of hydrogen-bond acceptors (Lipinski definition) is 8. The second-order valence-electron chi connectivity index (χ2n) is 7.40. The number of nitrogens with one attached hydrogen (secondary N) is 2. The molecule has 0 unspecified atom stereocenters. The van der Waals surface area contributed by atoms with Gasteiger partial charge in [0.25, 0.3) is 0 Å². The molecule has 1 amide bonds. The van der Waals surface area contributed by atoms with Crippen LogP contribution in [0.5, 0.6) is 0 Å². The molecule has 12 heteroatoms. The number of amides is 1. The molecule has 5 rings (SSSR count). The quantitative estimate of drug-likeness (QED) is 0.429. The molecule has 3 aromatic heterocycles. The highest BCUT2D eigenvalue weighted by Crippen LogP contribution is 2.31. The third kappa shape index (κ3) is 4.50. The average molecular weight is 485 g/mol. The van der Waals surface area contributed by atoms with Crippen molar-refractivity contribution in [1.82, 2.24) is 24.5 Å². The van der Waals surface area contributed by atoms with Gasteiger partial charge in [0, 0.05) is 36.4 Å². The van der Waals surface area contributed by atoms with Gasteiger partial charge in [-0.05, 0) is 29.8 Å². The Balaban J connectivity index is 1.28. The van der Waals surface area contributed by atoms with E-state index in [2.05, 4.69) is 25.5 Å². The molecule has 2 N–H and O–H groups in total. The normalized spacial score (nSPS) is 15.0. The summed E-state index contributed by atoms with van der Waals surface area (Å²) in [6.07, 6.45) is 3.53. The summed E-state index contributed by atoms with van der Waals surface area (Å²) in [6.45, 7) is 1.39. The van der Waals surface area contributed by atoms with Gasteiger partial charge >= 0.3 is 0 Å². The van der Waals surface area contributed by atoms with E-state index in [0.29, 0.717) is 42.0 Å². The summed E-state index contributed by atoms with van der Waals surface area (Å²) in [5, 5.41) is 12.9. The third-order valence-electron chi connectivity index (χ3n) is 5.22. The standard InChI is InChI=1S/C21H20N6O4S2/c28-18(12-14-3-1-4-15(11-14)33(29,30)27-7-9-31-10-8-27)24-21-26-25-20(32-21)17-13-23-19-16(17)5-2-6-22-19/h1-6,11,13H,7-10,12H2,(H,22,23)(H,24,26,28). The number of ether oxygens (including phenoxy) is 1. The molecular weight excluding hydrogens is 464 g/mol. The zero-order valence-corrected chi connectivity index (χ0v) is 19.0. The molecular formula is C21H20N6O4S2. The van der Waals surface area contributed by atoms with Gasteiger partial charge in [0.1, 0.15) is 5.65 Å². The van der Waals surface area contributed by atoms with Crippen molar-refractivity contribution in [2.45, 2.75) is 11.3 Å². The Bertz CT molecular complexity index is 1410. The molecule has 0 aliphatic carbocycles. The maximum absolute atomic E-state index is 12.9. The lowest BCUT2D eigenvalue weighted by atomic mass is 10.1. The van der Waals surface area contributed by atoms with E-state index in [1.165, 1.54) is 21.7 Å². The van der Waals surface area contributed by atoms with Crippen LogP contribution in [0.15, 0.2) is 53.7 Å². The largest absolute Gasteiger partial charge is 0.379 e. The molecule has 0 saturated carbocycles. The number of pyridine rings is 1. The van der Waals surface area contributed by atoms with Crippen molar-refractivity contribution in [2.24, 2.45) is 0 Å². The molecule has 1 aliphatic heterocycles. The minimum atomic E-state index is -3.63. The predicted octanol–water partition coefficient (Wildman–Crippen LogP) is 2.28. The number of morpholine rings is 1. The van der Waals surface area contributed by atoms with Crippen molar-refractivity contribution in [3.05, 3.63) is 54.4 Å². The third-order valence-corrected chi connectivity index (χ3v) is 7.99. The molecule has 0 radical (unpaired) electrons. The number of nitrogens with zero attached hydrogens (tertiary/aromatic N) is 4. The van der Waals surface area contributed by atoms with E-state index in [-0.39, 0.29) is 17.2 Å². The monoisotopic (exact) mass is 484 g/mol. The molecule has 1 aromatic carbocycles. The topological polar surface area (TPSA) is 130 Å². The van der Waals surface area contributed by atoms with Crippen LogP contribution in [0.25, 0.3) is 21.6 Å². The molecule has 170 valence electrons. The summed E-state index contributed by atoms with van der Waals surface area (Å²) in [7, 11) is -3.63. The summed E-state index contributed by atoms with van der Waals surface area (Å²) in [5.74, 6) is -0.306. The van der Waals surface area contributed by atoms with Crippen molar-refractivity contribution in [3.63, 3.8) is 0 Å². The van der Waals surface area contributed by atoms with Crippen LogP contribution in [-0.4, -0.2) is 65.1 Å². The van der Waals surface area contributed by atoms with Gasteiger partial charge in [0.2, 0.25) is 21.1 Å². The van der Waals surface area contributed by atoms with E-state index < -0.39 is 10.0 Å². The first-order valence-corrected chi connectivity index (χ1v) is 12.5. The first-order valence-electron chi connectivity index (χ1n) is 10.2. The highest BCUT2D eigenvalue weighted by Gasteiger charge is 2.26. The van der Waals surface area contributed by atoms with Crippen molar-refractivity contribution >= 4 is 43.4 Å². The van der Waals surface area contributed by atoms with Crippen LogP contribution in [0.2, 0.25) is 0 Å². The van der Waals surface area contributed by atoms with E-state index in [0.717, 1.165) is 16.6 Å². The maximum atomic E-state index is 12.9.